The summed E-state index contributed by atoms with van der Waals surface area (Å²) in [6.07, 6.45) is 2.51. The molecule has 0 aliphatic heterocycles. The molecule has 4 rings (SSSR count). The SMILES string of the molecule is O=C(CCCCCCN(C(=O)c1cccnc1)c1ccc(-c2ccc3cc[nH]c3c2)c(C(F)(F)F)c1)NO. The van der Waals surface area contributed by atoms with E-state index in [0.29, 0.717) is 31.2 Å². The molecule has 2 aromatic carbocycles. The highest BCUT2D eigenvalue weighted by Crippen LogP contribution is 2.40. The second-order valence-electron chi connectivity index (χ2n) is 8.91. The molecule has 0 fully saturated rings. The molecule has 2 heterocycles. The maximum absolute atomic E-state index is 14.3. The summed E-state index contributed by atoms with van der Waals surface area (Å²) in [4.78, 5) is 32.8. The van der Waals surface area contributed by atoms with Gasteiger partial charge in [-0.3, -0.25) is 19.8 Å². The van der Waals surface area contributed by atoms with Gasteiger partial charge in [0, 0.05) is 42.8 Å². The van der Waals surface area contributed by atoms with Gasteiger partial charge in [0.1, 0.15) is 0 Å². The number of hydrogen-bond acceptors (Lipinski definition) is 4. The Hall–Kier alpha value is -4.18. The normalized spacial score (nSPS) is 11.5. The summed E-state index contributed by atoms with van der Waals surface area (Å²) in [6.45, 7) is 0.186. The first-order chi connectivity index (χ1) is 18.3. The first-order valence-electron chi connectivity index (χ1n) is 12.2. The summed E-state index contributed by atoms with van der Waals surface area (Å²) in [5, 5.41) is 9.48. The van der Waals surface area contributed by atoms with Crippen LogP contribution in [0.1, 0.15) is 48.0 Å². The van der Waals surface area contributed by atoms with Crippen LogP contribution in [0.15, 0.2) is 73.2 Å². The third-order valence-corrected chi connectivity index (χ3v) is 6.30. The number of alkyl halides is 3. The molecule has 3 N–H and O–H groups in total. The van der Waals surface area contributed by atoms with Crippen molar-refractivity contribution in [2.24, 2.45) is 0 Å². The highest BCUT2D eigenvalue weighted by atomic mass is 19.4. The van der Waals surface area contributed by atoms with E-state index in [1.807, 2.05) is 6.07 Å². The van der Waals surface area contributed by atoms with Gasteiger partial charge in [0.05, 0.1) is 11.1 Å². The van der Waals surface area contributed by atoms with Crippen LogP contribution in [-0.4, -0.2) is 33.5 Å². The molecule has 2 amide bonds. The zero-order valence-electron chi connectivity index (χ0n) is 20.5. The number of nitrogens with zero attached hydrogens (tertiary/aromatic N) is 2. The van der Waals surface area contributed by atoms with E-state index in [2.05, 4.69) is 9.97 Å². The minimum absolute atomic E-state index is 0.0219. The van der Waals surface area contributed by atoms with Crippen LogP contribution in [-0.2, 0) is 11.0 Å². The van der Waals surface area contributed by atoms with E-state index >= 15 is 0 Å². The number of amides is 2. The summed E-state index contributed by atoms with van der Waals surface area (Å²) >= 11 is 0. The number of H-pyrrole nitrogens is 1. The average molecular weight is 525 g/mol. The van der Waals surface area contributed by atoms with Crippen LogP contribution in [0.3, 0.4) is 0 Å². The number of anilines is 1. The Labute approximate surface area is 217 Å². The van der Waals surface area contributed by atoms with Crippen molar-refractivity contribution in [3.63, 3.8) is 0 Å². The molecule has 0 saturated carbocycles. The molecule has 0 bridgehead atoms. The smallest absolute Gasteiger partial charge is 0.361 e. The second kappa shape index (κ2) is 11.9. The number of unbranched alkanes of at least 4 members (excludes halogenated alkanes) is 3. The lowest BCUT2D eigenvalue weighted by molar-refractivity contribution is -0.137. The van der Waals surface area contributed by atoms with Gasteiger partial charge >= 0.3 is 6.18 Å². The zero-order chi connectivity index (χ0) is 27.1. The highest BCUT2D eigenvalue weighted by molar-refractivity contribution is 6.06. The van der Waals surface area contributed by atoms with E-state index in [9.17, 15) is 22.8 Å². The minimum atomic E-state index is -4.65. The third kappa shape index (κ3) is 6.38. The van der Waals surface area contributed by atoms with Gasteiger partial charge in [-0.2, -0.15) is 13.2 Å². The monoisotopic (exact) mass is 524 g/mol. The van der Waals surface area contributed by atoms with Gasteiger partial charge in [-0.25, -0.2) is 5.48 Å². The molecule has 0 spiro atoms. The number of hydrogen-bond donors (Lipinski definition) is 3. The first-order valence-corrected chi connectivity index (χ1v) is 12.2. The van der Waals surface area contributed by atoms with Gasteiger partial charge in [0.15, 0.2) is 0 Å². The Morgan fingerprint density at radius 1 is 1.00 bits per heavy atom. The Bertz CT molecular complexity index is 1400. The second-order valence-corrected chi connectivity index (χ2v) is 8.91. The van der Waals surface area contributed by atoms with Crippen LogP contribution in [0.25, 0.3) is 22.0 Å². The van der Waals surface area contributed by atoms with Crippen LogP contribution in [0.4, 0.5) is 18.9 Å². The van der Waals surface area contributed by atoms with Gasteiger partial charge in [-0.15, -0.1) is 0 Å². The Balaban J connectivity index is 1.63. The Kier molecular flexibility index (Phi) is 8.42. The van der Waals surface area contributed by atoms with E-state index in [-0.39, 0.29) is 29.8 Å². The third-order valence-electron chi connectivity index (χ3n) is 6.30. The predicted octanol–water partition coefficient (Wildman–Crippen LogP) is 6.35. The van der Waals surface area contributed by atoms with Crippen molar-refractivity contribution in [2.75, 3.05) is 11.4 Å². The molecule has 4 aromatic rings. The number of aromatic amines is 1. The molecule has 198 valence electrons. The van der Waals surface area contributed by atoms with Gasteiger partial charge in [-0.05, 0) is 65.8 Å². The summed E-state index contributed by atoms with van der Waals surface area (Å²) in [5.41, 5.74) is 2.31. The number of carbonyl (C=O) groups is 2. The van der Waals surface area contributed by atoms with Crippen LogP contribution >= 0.6 is 0 Å². The molecule has 0 aliphatic carbocycles. The zero-order valence-corrected chi connectivity index (χ0v) is 20.5. The van der Waals surface area contributed by atoms with E-state index < -0.39 is 23.6 Å². The number of halogens is 3. The fourth-order valence-corrected chi connectivity index (χ4v) is 4.36. The Morgan fingerprint density at radius 2 is 1.82 bits per heavy atom. The molecular formula is C28H27F3N4O3. The summed E-state index contributed by atoms with van der Waals surface area (Å²) in [5.74, 6) is -0.931. The lowest BCUT2D eigenvalue weighted by Crippen LogP contribution is -2.32. The van der Waals surface area contributed by atoms with E-state index in [0.717, 1.165) is 17.0 Å². The lowest BCUT2D eigenvalue weighted by Gasteiger charge is -2.25. The predicted molar refractivity (Wildman–Crippen MR) is 138 cm³/mol. The molecule has 0 atom stereocenters. The molecule has 38 heavy (non-hydrogen) atoms. The number of fused-ring (bicyclic) bond motifs is 1. The van der Waals surface area contributed by atoms with Crippen molar-refractivity contribution in [2.45, 2.75) is 38.3 Å². The van der Waals surface area contributed by atoms with Crippen molar-refractivity contribution < 1.29 is 28.0 Å². The summed E-state index contributed by atoms with van der Waals surface area (Å²) in [7, 11) is 0. The van der Waals surface area contributed by atoms with Gasteiger partial charge in [0.25, 0.3) is 5.91 Å². The fourth-order valence-electron chi connectivity index (χ4n) is 4.36. The maximum atomic E-state index is 14.3. The van der Waals surface area contributed by atoms with Crippen molar-refractivity contribution in [3.8, 4) is 11.1 Å². The molecule has 10 heteroatoms. The average Bonchev–Trinajstić information content (AvgIpc) is 3.40. The Morgan fingerprint density at radius 3 is 2.55 bits per heavy atom. The molecular weight excluding hydrogens is 497 g/mol. The molecule has 0 unspecified atom stereocenters. The van der Waals surface area contributed by atoms with E-state index in [1.165, 1.54) is 29.4 Å². The standard InChI is InChI=1S/C28H27F3N4O3/c29-28(30,31)24-17-22(10-11-23(24)20-9-8-19-12-14-33-25(19)16-20)35(27(37)21-6-5-13-32-18-21)15-4-2-1-3-7-26(36)34-38/h5-6,8-14,16-18,33,38H,1-4,7,15H2,(H,34,36). The van der Waals surface area contributed by atoms with E-state index in [4.69, 9.17) is 5.21 Å². The minimum Gasteiger partial charge on any atom is -0.361 e. The van der Waals surface area contributed by atoms with Gasteiger partial charge < -0.3 is 9.88 Å². The van der Waals surface area contributed by atoms with Gasteiger partial charge in [-0.1, -0.05) is 31.0 Å². The van der Waals surface area contributed by atoms with Gasteiger partial charge in [0.2, 0.25) is 5.91 Å². The number of hydroxylamine groups is 1. The molecule has 0 radical (unpaired) electrons. The quantitative estimate of drug-likeness (QED) is 0.128. The molecule has 2 aromatic heterocycles. The van der Waals surface area contributed by atoms with Crippen molar-refractivity contribution in [1.29, 1.82) is 0 Å². The number of aromatic nitrogens is 2. The van der Waals surface area contributed by atoms with E-state index in [1.54, 1.807) is 42.0 Å². The topological polar surface area (TPSA) is 98.3 Å². The van der Waals surface area contributed by atoms with Crippen molar-refractivity contribution in [1.82, 2.24) is 15.4 Å². The molecule has 7 nitrogen and oxygen atoms in total. The number of nitrogens with one attached hydrogen (secondary N) is 2. The maximum Gasteiger partial charge on any atom is 0.417 e. The highest BCUT2D eigenvalue weighted by Gasteiger charge is 2.35. The number of carbonyl (C=O) groups excluding carboxylic acids is 2. The number of benzene rings is 2. The number of pyridine rings is 1. The summed E-state index contributed by atoms with van der Waals surface area (Å²) in [6, 6.07) is 14.1. The number of rotatable bonds is 10. The van der Waals surface area contributed by atoms with Crippen molar-refractivity contribution in [3.05, 3.63) is 84.3 Å². The van der Waals surface area contributed by atoms with Crippen LogP contribution < -0.4 is 10.4 Å². The molecule has 0 aliphatic rings. The van der Waals surface area contributed by atoms with Crippen LogP contribution in [0.5, 0.6) is 0 Å². The van der Waals surface area contributed by atoms with Crippen LogP contribution in [0.2, 0.25) is 0 Å². The summed E-state index contributed by atoms with van der Waals surface area (Å²) < 4.78 is 42.8. The lowest BCUT2D eigenvalue weighted by atomic mass is 9.97. The largest absolute Gasteiger partial charge is 0.417 e. The van der Waals surface area contributed by atoms with Crippen molar-refractivity contribution >= 4 is 28.4 Å². The fraction of sp³-hybridized carbons (Fsp3) is 0.250. The first kappa shape index (κ1) is 26.9. The van der Waals surface area contributed by atoms with Crippen LogP contribution in [0, 0.1) is 0 Å². The molecule has 0 saturated heterocycles.